The van der Waals surface area contributed by atoms with E-state index in [0.717, 1.165) is 64.7 Å². The first kappa shape index (κ1) is 24.3. The van der Waals surface area contributed by atoms with Gasteiger partial charge in [-0.1, -0.05) is 36.4 Å². The quantitative estimate of drug-likeness (QED) is 0.295. The standard InChI is InChI=1S/C30H30FN5O/c1-21-19-36(20-33-21)27-15-10-22(18-28(27)37-2)17-24-9-6-16-32-29(24)35-30(23-7-4-3-5-8-23)34-26-13-11-25(31)12-14-26/h3-5,7-8,10-15,17-20,30,34H,6,9,16H2,1-2H3,(H,32,35)/b24-17+. The Morgan fingerprint density at radius 1 is 1.03 bits per heavy atom. The van der Waals surface area contributed by atoms with Gasteiger partial charge in [-0.3, -0.25) is 4.99 Å². The third-order valence-corrected chi connectivity index (χ3v) is 6.28. The summed E-state index contributed by atoms with van der Waals surface area (Å²) in [6, 6.07) is 22.7. The lowest BCUT2D eigenvalue weighted by molar-refractivity contribution is 0.413. The molecule has 3 aromatic carbocycles. The number of rotatable bonds is 7. The molecular weight excluding hydrogens is 465 g/mol. The number of hydrogen-bond donors (Lipinski definition) is 2. The third kappa shape index (κ3) is 5.89. The molecule has 5 rings (SSSR count). The molecule has 0 saturated heterocycles. The van der Waals surface area contributed by atoms with Gasteiger partial charge < -0.3 is 19.9 Å². The third-order valence-electron chi connectivity index (χ3n) is 6.28. The van der Waals surface area contributed by atoms with E-state index in [-0.39, 0.29) is 12.0 Å². The van der Waals surface area contributed by atoms with Gasteiger partial charge in [0.25, 0.3) is 0 Å². The molecular formula is C30H30FN5O. The number of halogens is 1. The van der Waals surface area contributed by atoms with Gasteiger partial charge in [0, 0.05) is 18.4 Å². The van der Waals surface area contributed by atoms with Crippen LogP contribution in [0, 0.1) is 12.7 Å². The number of ether oxygens (including phenoxy) is 1. The fraction of sp³-hybridized carbons (Fsp3) is 0.200. The molecule has 2 heterocycles. The van der Waals surface area contributed by atoms with Gasteiger partial charge in [0.2, 0.25) is 0 Å². The van der Waals surface area contributed by atoms with Crippen LogP contribution in [0.3, 0.4) is 0 Å². The van der Waals surface area contributed by atoms with Crippen molar-refractivity contribution in [2.24, 2.45) is 4.99 Å². The minimum atomic E-state index is -0.263. The first-order valence-electron chi connectivity index (χ1n) is 12.4. The second kappa shape index (κ2) is 11.1. The molecule has 1 aliphatic heterocycles. The zero-order valence-electron chi connectivity index (χ0n) is 21.0. The highest BCUT2D eigenvalue weighted by Crippen LogP contribution is 2.27. The van der Waals surface area contributed by atoms with Crippen LogP contribution in [0.4, 0.5) is 10.1 Å². The highest BCUT2D eigenvalue weighted by molar-refractivity contribution is 6.03. The first-order valence-corrected chi connectivity index (χ1v) is 12.4. The van der Waals surface area contributed by atoms with Crippen LogP contribution >= 0.6 is 0 Å². The van der Waals surface area contributed by atoms with Crippen molar-refractivity contribution in [3.63, 3.8) is 0 Å². The molecule has 0 aliphatic carbocycles. The molecule has 188 valence electrons. The largest absolute Gasteiger partial charge is 0.495 e. The lowest BCUT2D eigenvalue weighted by Crippen LogP contribution is -2.36. The van der Waals surface area contributed by atoms with Crippen molar-refractivity contribution in [1.29, 1.82) is 0 Å². The maximum Gasteiger partial charge on any atom is 0.143 e. The molecule has 0 radical (unpaired) electrons. The van der Waals surface area contributed by atoms with Gasteiger partial charge in [-0.2, -0.15) is 0 Å². The lowest BCUT2D eigenvalue weighted by atomic mass is 10.0. The topological polar surface area (TPSA) is 63.5 Å². The van der Waals surface area contributed by atoms with E-state index in [0.29, 0.717) is 0 Å². The smallest absolute Gasteiger partial charge is 0.143 e. The summed E-state index contributed by atoms with van der Waals surface area (Å²) in [6.45, 7) is 2.73. The summed E-state index contributed by atoms with van der Waals surface area (Å²) in [7, 11) is 1.68. The molecule has 7 heteroatoms. The number of aromatic nitrogens is 2. The molecule has 1 aromatic heterocycles. The van der Waals surface area contributed by atoms with Crippen LogP contribution in [-0.4, -0.2) is 29.0 Å². The van der Waals surface area contributed by atoms with Crippen LogP contribution in [-0.2, 0) is 0 Å². The van der Waals surface area contributed by atoms with E-state index in [1.165, 1.54) is 12.1 Å². The van der Waals surface area contributed by atoms with Crippen LogP contribution in [0.5, 0.6) is 5.75 Å². The Morgan fingerprint density at radius 3 is 2.57 bits per heavy atom. The van der Waals surface area contributed by atoms with E-state index in [2.05, 4.69) is 39.9 Å². The molecule has 0 bridgehead atoms. The van der Waals surface area contributed by atoms with Crippen molar-refractivity contribution >= 4 is 17.6 Å². The number of aryl methyl sites for hydroxylation is 1. The Bertz CT molecular complexity index is 1410. The summed E-state index contributed by atoms with van der Waals surface area (Å²) in [5.74, 6) is 1.36. The summed E-state index contributed by atoms with van der Waals surface area (Å²) in [4.78, 5) is 9.16. The summed E-state index contributed by atoms with van der Waals surface area (Å²) in [5, 5.41) is 7.09. The predicted octanol–water partition coefficient (Wildman–Crippen LogP) is 6.30. The molecule has 0 saturated carbocycles. The maximum absolute atomic E-state index is 13.5. The molecule has 0 fully saturated rings. The van der Waals surface area contributed by atoms with Gasteiger partial charge in [-0.25, -0.2) is 9.37 Å². The number of hydrogen-bond acceptors (Lipinski definition) is 5. The minimum absolute atomic E-state index is 0.242. The van der Waals surface area contributed by atoms with Crippen molar-refractivity contribution < 1.29 is 9.13 Å². The summed E-state index contributed by atoms with van der Waals surface area (Å²) in [6.07, 6.45) is 7.59. The van der Waals surface area contributed by atoms with Gasteiger partial charge in [-0.05, 0) is 78.9 Å². The summed E-state index contributed by atoms with van der Waals surface area (Å²) in [5.41, 5.74) is 5.92. The predicted molar refractivity (Wildman–Crippen MR) is 147 cm³/mol. The second-order valence-corrected chi connectivity index (χ2v) is 9.00. The van der Waals surface area contributed by atoms with Crippen LogP contribution in [0.15, 0.2) is 95.9 Å². The molecule has 1 unspecified atom stereocenters. The normalized spacial score (nSPS) is 15.2. The zero-order valence-corrected chi connectivity index (χ0v) is 21.0. The van der Waals surface area contributed by atoms with E-state index in [1.807, 2.05) is 48.0 Å². The van der Waals surface area contributed by atoms with Crippen molar-refractivity contribution in [2.75, 3.05) is 19.0 Å². The Balaban J connectivity index is 1.43. The monoisotopic (exact) mass is 495 g/mol. The van der Waals surface area contributed by atoms with Gasteiger partial charge in [0.05, 0.1) is 24.8 Å². The van der Waals surface area contributed by atoms with E-state index in [9.17, 15) is 4.39 Å². The number of methoxy groups -OCH3 is 1. The number of amidine groups is 1. The van der Waals surface area contributed by atoms with Gasteiger partial charge >= 0.3 is 0 Å². The molecule has 1 aliphatic rings. The number of imidazole rings is 1. The Hall–Kier alpha value is -4.39. The van der Waals surface area contributed by atoms with Crippen LogP contribution in [0.25, 0.3) is 11.8 Å². The van der Waals surface area contributed by atoms with Gasteiger partial charge in [0.15, 0.2) is 0 Å². The second-order valence-electron chi connectivity index (χ2n) is 9.00. The maximum atomic E-state index is 13.5. The molecule has 4 aromatic rings. The van der Waals surface area contributed by atoms with Crippen LogP contribution in [0.2, 0.25) is 0 Å². The average Bonchev–Trinajstić information content (AvgIpc) is 3.37. The molecule has 6 nitrogen and oxygen atoms in total. The number of nitrogens with zero attached hydrogens (tertiary/aromatic N) is 3. The van der Waals surface area contributed by atoms with Gasteiger partial charge in [-0.15, -0.1) is 0 Å². The fourth-order valence-electron chi connectivity index (χ4n) is 4.41. The Morgan fingerprint density at radius 2 is 1.84 bits per heavy atom. The summed E-state index contributed by atoms with van der Waals surface area (Å²) >= 11 is 0. The zero-order chi connectivity index (χ0) is 25.6. The van der Waals surface area contributed by atoms with E-state index in [1.54, 1.807) is 25.6 Å². The van der Waals surface area contributed by atoms with Crippen LogP contribution in [0.1, 0.15) is 35.8 Å². The molecule has 0 spiro atoms. The SMILES string of the molecule is COc1cc(/C=C2\CCCN=C2NC(Nc2ccc(F)cc2)c2ccccc2)ccc1-n1cnc(C)c1. The van der Waals surface area contributed by atoms with E-state index in [4.69, 9.17) is 9.73 Å². The van der Waals surface area contributed by atoms with E-state index >= 15 is 0 Å². The number of benzene rings is 3. The number of nitrogens with one attached hydrogen (secondary N) is 2. The highest BCUT2D eigenvalue weighted by Gasteiger charge is 2.19. The van der Waals surface area contributed by atoms with Crippen molar-refractivity contribution in [3.8, 4) is 11.4 Å². The fourth-order valence-corrected chi connectivity index (χ4v) is 4.41. The number of anilines is 1. The molecule has 37 heavy (non-hydrogen) atoms. The van der Waals surface area contributed by atoms with Crippen molar-refractivity contribution in [2.45, 2.75) is 25.9 Å². The first-order chi connectivity index (χ1) is 18.1. The molecule has 0 amide bonds. The molecule has 2 N–H and O–H groups in total. The average molecular weight is 496 g/mol. The number of aliphatic imine (C=N–C) groups is 1. The molecule has 1 atom stereocenters. The van der Waals surface area contributed by atoms with Crippen LogP contribution < -0.4 is 15.4 Å². The summed E-state index contributed by atoms with van der Waals surface area (Å²) < 4.78 is 21.1. The van der Waals surface area contributed by atoms with E-state index < -0.39 is 0 Å². The van der Waals surface area contributed by atoms with Gasteiger partial charge in [0.1, 0.15) is 23.6 Å². The highest BCUT2D eigenvalue weighted by atomic mass is 19.1. The minimum Gasteiger partial charge on any atom is -0.495 e. The van der Waals surface area contributed by atoms with Crippen molar-refractivity contribution in [1.82, 2.24) is 14.9 Å². The van der Waals surface area contributed by atoms with Crippen molar-refractivity contribution in [3.05, 3.63) is 114 Å². The Kier molecular flexibility index (Phi) is 7.31. The Labute approximate surface area is 216 Å². The lowest BCUT2D eigenvalue weighted by Gasteiger charge is -2.26.